The van der Waals surface area contributed by atoms with Crippen LogP contribution in [0.5, 0.6) is 0 Å². The summed E-state index contributed by atoms with van der Waals surface area (Å²) in [5, 5.41) is 1.14. The van der Waals surface area contributed by atoms with Gasteiger partial charge in [-0.2, -0.15) is 0 Å². The van der Waals surface area contributed by atoms with Gasteiger partial charge in [0.15, 0.2) is 0 Å². The molecule has 0 aliphatic rings. The first kappa shape index (κ1) is 18.7. The Morgan fingerprint density at radius 3 is 2.24 bits per heavy atom. The predicted molar refractivity (Wildman–Crippen MR) is 201 cm³/mol. The van der Waals surface area contributed by atoms with E-state index in [1.165, 1.54) is 42.6 Å². The van der Waals surface area contributed by atoms with E-state index in [0.717, 1.165) is 17.8 Å². The number of fused-ring (bicyclic) bond motifs is 3. The molecule has 8 rings (SSSR count). The number of benzene rings is 4. The molecule has 4 nitrogen and oxygen atoms in total. The minimum atomic E-state index is -2.76. The topological polar surface area (TPSA) is 51.8 Å². The van der Waals surface area contributed by atoms with E-state index < -0.39 is 41.1 Å². The zero-order valence-electron chi connectivity index (χ0n) is 44.1. The van der Waals surface area contributed by atoms with Crippen LogP contribution < -0.4 is 0 Å². The second-order valence-electron chi connectivity index (χ2n) is 11.1. The van der Waals surface area contributed by atoms with E-state index >= 15 is 0 Å². The second kappa shape index (κ2) is 14.7. The summed E-state index contributed by atoms with van der Waals surface area (Å²) >= 11 is 0. The van der Waals surface area contributed by atoms with Crippen molar-refractivity contribution in [2.75, 3.05) is 0 Å². The van der Waals surface area contributed by atoms with Crippen LogP contribution in [0.15, 0.2) is 120 Å². The van der Waals surface area contributed by atoms with Crippen LogP contribution in [-0.4, -0.2) is 15.0 Å². The Morgan fingerprint density at radius 1 is 0.620 bits per heavy atom. The van der Waals surface area contributed by atoms with Gasteiger partial charge >= 0.3 is 0 Å². The van der Waals surface area contributed by atoms with Crippen LogP contribution >= 0.6 is 0 Å². The van der Waals surface area contributed by atoms with Gasteiger partial charge in [0.1, 0.15) is 0 Å². The fraction of sp³-hybridized carbons (Fsp3) is 0.133. The maximum atomic E-state index is 8.06. The number of rotatable bonds is 4. The monoisotopic (exact) mass is 846 g/mol. The zero-order valence-corrected chi connectivity index (χ0v) is 28.4. The van der Waals surface area contributed by atoms with Gasteiger partial charge in [0.25, 0.3) is 0 Å². The third-order valence-corrected chi connectivity index (χ3v) is 7.84. The first-order chi connectivity index (χ1) is 31.0. The number of furan rings is 1. The van der Waals surface area contributed by atoms with Crippen molar-refractivity contribution in [2.45, 2.75) is 41.1 Å². The Hall–Kier alpha value is -5.22. The number of nitrogens with zero attached hydrogens (tertiary/aromatic N) is 3. The molecule has 0 spiro atoms. The predicted octanol–water partition coefficient (Wildman–Crippen LogP) is 11.6. The van der Waals surface area contributed by atoms with Gasteiger partial charge in [0, 0.05) is 68.3 Å². The smallest absolute Gasteiger partial charge is 0.216 e. The molecule has 0 unspecified atom stereocenters. The molecule has 8 aromatic rings. The average Bonchev–Trinajstić information content (AvgIpc) is 3.63. The molecular weight excluding hydrogens is 791 g/mol. The molecule has 4 heterocycles. The zero-order chi connectivity index (χ0) is 49.1. The van der Waals surface area contributed by atoms with Crippen molar-refractivity contribution < 1.29 is 49.2 Å². The van der Waals surface area contributed by atoms with E-state index in [1.54, 1.807) is 30.3 Å². The van der Waals surface area contributed by atoms with Crippen LogP contribution in [0, 0.1) is 53.2 Å². The molecule has 4 aromatic heterocycles. The number of hydrogen-bond acceptors (Lipinski definition) is 4. The standard InChI is InChI=1S/C26H21N2O.C19H16N.Ir/c1-15-8-10-19(16(2)12-15)23-13-24(27-14-17(23)3)22-7-5-6-20-21-11-9-18(4)28-26(21)29-25(20)22;1-14-8-11-19(20-13-14)17-10-9-15(2)18(12-17)16-6-4-3-5-7-16;/h5-6,8-14H,1-4H3;3-9,11-13H,1-2H3;/q2*-1;/i1D3,2D3,3D3,4D3;1D3,2D3;. The van der Waals surface area contributed by atoms with Gasteiger partial charge in [0.2, 0.25) is 5.71 Å². The first-order valence-electron chi connectivity index (χ1n) is 24.0. The number of pyridine rings is 3. The average molecular weight is 846 g/mol. The van der Waals surface area contributed by atoms with Crippen molar-refractivity contribution in [3.05, 3.63) is 161 Å². The Kier molecular flexibility index (Phi) is 5.50. The Balaban J connectivity index is 0.000000243. The van der Waals surface area contributed by atoms with Crippen LogP contribution in [0.3, 0.4) is 0 Å². The van der Waals surface area contributed by atoms with Crippen LogP contribution in [0.4, 0.5) is 0 Å². The fourth-order valence-corrected chi connectivity index (χ4v) is 5.46. The minimum Gasteiger partial charge on any atom is -0.486 e. The summed E-state index contributed by atoms with van der Waals surface area (Å²) in [7, 11) is 0. The fourth-order valence-electron chi connectivity index (χ4n) is 5.46. The summed E-state index contributed by atoms with van der Waals surface area (Å²) in [6.07, 6.45) is 2.44. The van der Waals surface area contributed by atoms with Gasteiger partial charge in [-0.1, -0.05) is 95.7 Å². The molecule has 0 saturated carbocycles. The van der Waals surface area contributed by atoms with E-state index in [-0.39, 0.29) is 81.7 Å². The maximum absolute atomic E-state index is 8.06. The molecule has 0 amide bonds. The quantitative estimate of drug-likeness (QED) is 0.166. The maximum Gasteiger partial charge on any atom is 0.216 e. The van der Waals surface area contributed by atoms with Gasteiger partial charge in [-0.05, 0) is 91.2 Å². The SMILES string of the molecule is [2H]C([2H])([2H])c1ccc(-c2[c-]cc(C([2H])([2H])[2H])c(-c3ccccc3)c2)nc1.[2H]C([2H])([2H])c1ccc(-c2cc(-c3[c-]ccc4c3oc3nc(C([2H])([2H])[2H])ccc34)ncc2C([2H])([2H])[2H])c(C([2H])([2H])[2H])c1.[Ir]. The van der Waals surface area contributed by atoms with Crippen LogP contribution in [-0.2, 0) is 20.1 Å². The van der Waals surface area contributed by atoms with Crippen LogP contribution in [0.1, 0.15) is 58.2 Å². The molecule has 5 heteroatoms. The summed E-state index contributed by atoms with van der Waals surface area (Å²) in [4.78, 5) is 12.7. The third-order valence-electron chi connectivity index (χ3n) is 7.84. The Bertz CT molecular complexity index is 3100. The van der Waals surface area contributed by atoms with Crippen molar-refractivity contribution in [1.82, 2.24) is 15.0 Å². The summed E-state index contributed by atoms with van der Waals surface area (Å²) < 4.78 is 146. The van der Waals surface area contributed by atoms with Crippen molar-refractivity contribution in [3.63, 3.8) is 0 Å². The van der Waals surface area contributed by atoms with Crippen LogP contribution in [0.25, 0.3) is 66.8 Å². The van der Waals surface area contributed by atoms with Gasteiger partial charge < -0.3 is 14.4 Å². The Morgan fingerprint density at radius 2 is 1.46 bits per heavy atom. The van der Waals surface area contributed by atoms with Crippen molar-refractivity contribution in [2.24, 2.45) is 0 Å². The van der Waals surface area contributed by atoms with Gasteiger partial charge in [-0.25, -0.2) is 4.98 Å². The van der Waals surface area contributed by atoms with E-state index in [9.17, 15) is 0 Å². The molecule has 0 N–H and O–H groups in total. The number of hydrogen-bond donors (Lipinski definition) is 0. The summed E-state index contributed by atoms with van der Waals surface area (Å²) in [5.41, 5.74) is 2.91. The molecule has 249 valence electrons. The molecule has 0 aliphatic carbocycles. The molecule has 0 saturated heterocycles. The molecular formula is C45H37IrN3O-2. The van der Waals surface area contributed by atoms with Crippen molar-refractivity contribution in [3.8, 4) is 44.8 Å². The largest absolute Gasteiger partial charge is 0.486 e. The van der Waals surface area contributed by atoms with Crippen LogP contribution in [0.2, 0.25) is 0 Å². The Labute approximate surface area is 332 Å². The van der Waals surface area contributed by atoms with E-state index in [2.05, 4.69) is 27.1 Å². The molecule has 1 radical (unpaired) electrons. The molecule has 0 fully saturated rings. The van der Waals surface area contributed by atoms with E-state index in [0.29, 0.717) is 33.2 Å². The second-order valence-corrected chi connectivity index (χ2v) is 11.1. The third kappa shape index (κ3) is 7.07. The summed E-state index contributed by atoms with van der Waals surface area (Å²) in [6, 6.07) is 32.8. The van der Waals surface area contributed by atoms with Crippen molar-refractivity contribution >= 4 is 22.1 Å². The normalized spacial score (nSPS) is 17.7. The number of aromatic nitrogens is 3. The summed E-state index contributed by atoms with van der Waals surface area (Å²) in [6.45, 7) is -14.9. The van der Waals surface area contributed by atoms with Gasteiger partial charge in [0.05, 0.1) is 5.58 Å². The molecule has 0 bridgehead atoms. The molecule has 4 aromatic carbocycles. The summed E-state index contributed by atoms with van der Waals surface area (Å²) in [5.74, 6) is 0. The molecule has 0 aliphatic heterocycles. The van der Waals surface area contributed by atoms with E-state index in [1.807, 2.05) is 30.3 Å². The van der Waals surface area contributed by atoms with Gasteiger partial charge in [-0.15, -0.1) is 47.5 Å². The minimum absolute atomic E-state index is 0. The number of aryl methyl sites for hydroxylation is 6. The van der Waals surface area contributed by atoms with Gasteiger partial charge in [-0.3, -0.25) is 0 Å². The molecule has 0 atom stereocenters. The molecule has 50 heavy (non-hydrogen) atoms. The van der Waals surface area contributed by atoms with E-state index in [4.69, 9.17) is 29.1 Å². The van der Waals surface area contributed by atoms with Crippen molar-refractivity contribution in [1.29, 1.82) is 0 Å². The first-order valence-corrected chi connectivity index (χ1v) is 15.0.